The van der Waals surface area contributed by atoms with E-state index in [1.54, 1.807) is 52.7 Å². The van der Waals surface area contributed by atoms with Crippen LogP contribution >= 0.6 is 0 Å². The second-order valence-electron chi connectivity index (χ2n) is 11.1. The fourth-order valence-corrected chi connectivity index (χ4v) is 4.66. The summed E-state index contributed by atoms with van der Waals surface area (Å²) >= 11 is 0. The van der Waals surface area contributed by atoms with Gasteiger partial charge in [-0.1, -0.05) is 18.2 Å². The monoisotopic (exact) mass is 590 g/mol. The average Bonchev–Trinajstić information content (AvgIpc) is 3.67. The number of anilines is 2. The summed E-state index contributed by atoms with van der Waals surface area (Å²) < 4.78 is 10.6. The maximum absolute atomic E-state index is 12.8. The molecular weight excluding hydrogens is 552 g/mol. The quantitative estimate of drug-likeness (QED) is 0.237. The molecule has 5 rings (SSSR count). The number of ether oxygens (including phenoxy) is 2. The highest BCUT2D eigenvalue weighted by Crippen LogP contribution is 2.28. The van der Waals surface area contributed by atoms with Crippen LogP contribution in [0.3, 0.4) is 0 Å². The second kappa shape index (κ2) is 13.8. The van der Waals surface area contributed by atoms with Crippen LogP contribution in [0.5, 0.6) is 5.75 Å². The molecule has 0 saturated carbocycles. The number of H-pyrrole nitrogens is 1. The van der Waals surface area contributed by atoms with Gasteiger partial charge in [0.1, 0.15) is 29.2 Å². The van der Waals surface area contributed by atoms with Crippen LogP contribution in [-0.4, -0.2) is 69.7 Å². The topological polar surface area (TPSA) is 177 Å². The van der Waals surface area contributed by atoms with Crippen molar-refractivity contribution in [3.05, 3.63) is 49.1 Å². The number of amides is 3. The zero-order chi connectivity index (χ0) is 31.0. The molecule has 1 atom stereocenters. The van der Waals surface area contributed by atoms with Gasteiger partial charge in [-0.05, 0) is 63.6 Å². The van der Waals surface area contributed by atoms with Gasteiger partial charge in [-0.3, -0.25) is 9.59 Å². The van der Waals surface area contributed by atoms with Gasteiger partial charge in [-0.25, -0.2) is 19.7 Å². The third-order valence-corrected chi connectivity index (χ3v) is 6.63. The van der Waals surface area contributed by atoms with Gasteiger partial charge in [0.05, 0.1) is 13.4 Å². The third kappa shape index (κ3) is 8.53. The minimum atomic E-state index is -0.981. The summed E-state index contributed by atoms with van der Waals surface area (Å²) in [5.74, 6) is 0.622. The minimum absolute atomic E-state index is 0.0529. The van der Waals surface area contributed by atoms with Crippen molar-refractivity contribution in [2.75, 3.05) is 30.4 Å². The van der Waals surface area contributed by atoms with Crippen LogP contribution in [0.2, 0.25) is 0 Å². The van der Waals surface area contributed by atoms with Gasteiger partial charge in [0, 0.05) is 30.6 Å². The number of nitrogens with two attached hydrogens (primary N) is 1. The van der Waals surface area contributed by atoms with Gasteiger partial charge in [0.2, 0.25) is 11.8 Å². The van der Waals surface area contributed by atoms with Crippen molar-refractivity contribution in [1.82, 2.24) is 25.3 Å². The molecule has 228 valence electrons. The van der Waals surface area contributed by atoms with E-state index in [2.05, 4.69) is 35.5 Å². The predicted molar refractivity (Wildman–Crippen MR) is 164 cm³/mol. The Kier molecular flexibility index (Phi) is 9.96. The van der Waals surface area contributed by atoms with Gasteiger partial charge in [-0.2, -0.15) is 0 Å². The van der Waals surface area contributed by atoms with E-state index in [4.69, 9.17) is 15.2 Å². The number of aromatic nitrogens is 4. The number of rotatable bonds is 8. The number of imidazole rings is 1. The molecule has 2 aromatic carbocycles. The molecule has 3 heterocycles. The average molecular weight is 591 g/mol. The van der Waals surface area contributed by atoms with E-state index >= 15 is 0 Å². The molecule has 1 aliphatic heterocycles. The standard InChI is InChI=1S/C21H27N3O5.C9H11N5/c1-21(2,3)29-20(27)24-16(10-11-18(22)25)19(26)23-14-9-8-13-6-5-7-17(28-4)15(13)12-14;1-2-4-14(3-1)9-7-8(11-5-10-7)12-6-13-9/h5-9,12,16H,10-11H2,1-4H3,(H2,22,25)(H,23,26)(H,24,27);5-6H,1-4H2,(H,10,11,12,13)/t16-;/m0./s1. The largest absolute Gasteiger partial charge is 0.496 e. The highest BCUT2D eigenvalue weighted by atomic mass is 16.6. The number of fused-ring (bicyclic) bond motifs is 2. The molecule has 0 spiro atoms. The highest BCUT2D eigenvalue weighted by Gasteiger charge is 2.25. The van der Waals surface area contributed by atoms with Crippen LogP contribution in [0.4, 0.5) is 16.3 Å². The maximum Gasteiger partial charge on any atom is 0.408 e. The van der Waals surface area contributed by atoms with E-state index in [1.807, 2.05) is 24.3 Å². The Bertz CT molecular complexity index is 1580. The number of aromatic amines is 1. The summed E-state index contributed by atoms with van der Waals surface area (Å²) in [4.78, 5) is 53.9. The number of carbonyl (C=O) groups excluding carboxylic acids is 3. The number of methoxy groups -OCH3 is 1. The van der Waals surface area contributed by atoms with E-state index < -0.39 is 29.6 Å². The molecule has 0 unspecified atom stereocenters. The van der Waals surface area contributed by atoms with Crippen LogP contribution in [0, 0.1) is 0 Å². The molecule has 13 heteroatoms. The lowest BCUT2D eigenvalue weighted by atomic mass is 10.1. The number of carbonyl (C=O) groups is 3. The fraction of sp³-hybridized carbons (Fsp3) is 0.400. The second-order valence-corrected chi connectivity index (χ2v) is 11.1. The number of nitrogens with zero attached hydrogens (tertiary/aromatic N) is 4. The van der Waals surface area contributed by atoms with Crippen molar-refractivity contribution in [3.63, 3.8) is 0 Å². The normalized spacial score (nSPS) is 13.6. The van der Waals surface area contributed by atoms with Crippen molar-refractivity contribution in [2.24, 2.45) is 5.73 Å². The van der Waals surface area contributed by atoms with Gasteiger partial charge >= 0.3 is 6.09 Å². The third-order valence-electron chi connectivity index (χ3n) is 6.63. The van der Waals surface area contributed by atoms with Gasteiger partial charge < -0.3 is 35.7 Å². The van der Waals surface area contributed by atoms with Crippen LogP contribution in [0.15, 0.2) is 49.1 Å². The summed E-state index contributed by atoms with van der Waals surface area (Å²) in [5, 5.41) is 7.06. The first kappa shape index (κ1) is 31.0. The van der Waals surface area contributed by atoms with E-state index in [1.165, 1.54) is 12.8 Å². The van der Waals surface area contributed by atoms with Crippen molar-refractivity contribution in [2.45, 2.75) is 58.1 Å². The molecule has 43 heavy (non-hydrogen) atoms. The number of nitrogens with one attached hydrogen (secondary N) is 3. The molecule has 1 aliphatic rings. The molecule has 5 N–H and O–H groups in total. The SMILES string of the molecule is COc1cccc2ccc(NC(=O)[C@H](CCC(N)=O)NC(=O)OC(C)(C)C)cc12.c1nc(N2CCCC2)c2[nH]cnc2n1. The Hall–Kier alpha value is -4.94. The van der Waals surface area contributed by atoms with Crippen LogP contribution < -0.4 is 26.0 Å². The maximum atomic E-state index is 12.8. The molecule has 1 saturated heterocycles. The van der Waals surface area contributed by atoms with Crippen molar-refractivity contribution < 1.29 is 23.9 Å². The Morgan fingerprint density at radius 2 is 1.86 bits per heavy atom. The Morgan fingerprint density at radius 3 is 2.56 bits per heavy atom. The van der Waals surface area contributed by atoms with Gasteiger partial charge in [-0.15, -0.1) is 0 Å². The predicted octanol–water partition coefficient (Wildman–Crippen LogP) is 3.90. The zero-order valence-electron chi connectivity index (χ0n) is 24.8. The zero-order valence-corrected chi connectivity index (χ0v) is 24.8. The molecule has 2 aromatic heterocycles. The summed E-state index contributed by atoms with van der Waals surface area (Å²) in [6.45, 7) is 7.32. The number of alkyl carbamates (subject to hydrolysis) is 1. The summed E-state index contributed by atoms with van der Waals surface area (Å²) in [5.41, 5.74) is 6.71. The van der Waals surface area contributed by atoms with Gasteiger partial charge in [0.15, 0.2) is 11.5 Å². The minimum Gasteiger partial charge on any atom is -0.496 e. The van der Waals surface area contributed by atoms with E-state index in [0.717, 1.165) is 40.8 Å². The summed E-state index contributed by atoms with van der Waals surface area (Å²) in [7, 11) is 1.57. The molecule has 0 radical (unpaired) electrons. The lowest BCUT2D eigenvalue weighted by molar-refractivity contribution is -0.119. The number of primary amides is 1. The smallest absolute Gasteiger partial charge is 0.408 e. The molecule has 0 bridgehead atoms. The highest BCUT2D eigenvalue weighted by molar-refractivity contribution is 5.99. The number of hydrogen-bond donors (Lipinski definition) is 4. The molecule has 3 amide bonds. The van der Waals surface area contributed by atoms with E-state index in [-0.39, 0.29) is 12.8 Å². The van der Waals surface area contributed by atoms with Crippen molar-refractivity contribution >= 4 is 51.3 Å². The molecule has 0 aliphatic carbocycles. The molecule has 13 nitrogen and oxygen atoms in total. The van der Waals surface area contributed by atoms with E-state index in [9.17, 15) is 14.4 Å². The Labute approximate surface area is 249 Å². The van der Waals surface area contributed by atoms with Crippen LogP contribution in [0.25, 0.3) is 21.9 Å². The summed E-state index contributed by atoms with van der Waals surface area (Å²) in [6, 6.07) is 10.0. The van der Waals surface area contributed by atoms with Crippen molar-refractivity contribution in [3.8, 4) is 5.75 Å². The van der Waals surface area contributed by atoms with Crippen LogP contribution in [0.1, 0.15) is 46.5 Å². The molecule has 1 fully saturated rings. The fourth-order valence-electron chi connectivity index (χ4n) is 4.66. The van der Waals surface area contributed by atoms with Gasteiger partial charge in [0.25, 0.3) is 0 Å². The van der Waals surface area contributed by atoms with Crippen molar-refractivity contribution in [1.29, 1.82) is 0 Å². The number of benzene rings is 2. The van der Waals surface area contributed by atoms with E-state index in [0.29, 0.717) is 11.4 Å². The first-order valence-corrected chi connectivity index (χ1v) is 14.1. The lowest BCUT2D eigenvalue weighted by Crippen LogP contribution is -2.46. The molecular formula is C30H38N8O5. The summed E-state index contributed by atoms with van der Waals surface area (Å²) in [6.07, 6.45) is 4.99. The first-order valence-electron chi connectivity index (χ1n) is 14.1. The van der Waals surface area contributed by atoms with Crippen LogP contribution in [-0.2, 0) is 14.3 Å². The first-order chi connectivity index (χ1) is 20.5. The molecule has 4 aromatic rings. The Balaban J connectivity index is 0.000000248. The lowest BCUT2D eigenvalue weighted by Gasteiger charge is -2.23. The Morgan fingerprint density at radius 1 is 1.09 bits per heavy atom. The number of hydrogen-bond acceptors (Lipinski definition) is 9.